The first-order valence-corrected chi connectivity index (χ1v) is 8.84. The molecule has 2 aromatic heterocycles. The second-order valence-electron chi connectivity index (χ2n) is 6.80. The maximum atomic E-state index is 4.79. The van der Waals surface area contributed by atoms with Crippen LogP contribution >= 0.6 is 0 Å². The highest BCUT2D eigenvalue weighted by Gasteiger charge is 2.25. The van der Waals surface area contributed by atoms with E-state index in [1.165, 1.54) is 18.5 Å². The molecule has 2 aliphatic rings. The number of aromatic amines is 1. The van der Waals surface area contributed by atoms with Crippen LogP contribution in [-0.2, 0) is 6.42 Å². The molecule has 4 rings (SSSR count). The highest BCUT2D eigenvalue weighted by Crippen LogP contribution is 2.39. The normalized spacial score (nSPS) is 18.8. The highest BCUT2D eigenvalue weighted by atomic mass is 15.3. The van der Waals surface area contributed by atoms with Gasteiger partial charge in [0.1, 0.15) is 5.82 Å². The van der Waals surface area contributed by atoms with Gasteiger partial charge in [0.15, 0.2) is 5.82 Å². The summed E-state index contributed by atoms with van der Waals surface area (Å²) in [5.41, 5.74) is 2.34. The van der Waals surface area contributed by atoms with Crippen molar-refractivity contribution in [3.8, 4) is 0 Å². The van der Waals surface area contributed by atoms with Crippen LogP contribution in [0.3, 0.4) is 0 Å². The molecule has 24 heavy (non-hydrogen) atoms. The molecule has 1 saturated heterocycles. The molecular formula is C17H25N7. The quantitative estimate of drug-likeness (QED) is 0.876. The summed E-state index contributed by atoms with van der Waals surface area (Å²) in [4.78, 5) is 13.9. The van der Waals surface area contributed by atoms with Crippen molar-refractivity contribution in [3.63, 3.8) is 0 Å². The van der Waals surface area contributed by atoms with E-state index in [2.05, 4.69) is 50.3 Å². The van der Waals surface area contributed by atoms with Gasteiger partial charge in [-0.3, -0.25) is 5.10 Å². The summed E-state index contributed by atoms with van der Waals surface area (Å²) < 4.78 is 0. The molecule has 0 spiro atoms. The SMILES string of the molecule is CCc1cnc(N2CCN(C)CC2)nc1Nc1cc(C2CC2)[nH]n1. The first kappa shape index (κ1) is 15.4. The van der Waals surface area contributed by atoms with Gasteiger partial charge in [0.2, 0.25) is 5.95 Å². The fourth-order valence-electron chi connectivity index (χ4n) is 3.05. The number of anilines is 3. The monoisotopic (exact) mass is 327 g/mol. The van der Waals surface area contributed by atoms with Crippen LogP contribution in [0, 0.1) is 0 Å². The lowest BCUT2D eigenvalue weighted by Crippen LogP contribution is -2.45. The molecule has 0 atom stereocenters. The number of nitrogens with one attached hydrogen (secondary N) is 2. The van der Waals surface area contributed by atoms with Crippen molar-refractivity contribution < 1.29 is 0 Å². The fraction of sp³-hybridized carbons (Fsp3) is 0.588. The number of aromatic nitrogens is 4. The fourth-order valence-corrected chi connectivity index (χ4v) is 3.05. The van der Waals surface area contributed by atoms with Crippen molar-refractivity contribution in [2.24, 2.45) is 0 Å². The molecule has 0 unspecified atom stereocenters. The highest BCUT2D eigenvalue weighted by molar-refractivity contribution is 5.58. The molecular weight excluding hydrogens is 302 g/mol. The standard InChI is InChI=1S/C17H25N7/c1-3-12-11-18-17(24-8-6-23(2)7-9-24)20-16(12)19-15-10-14(21-22-15)13-4-5-13/h10-11,13H,3-9H2,1-2H3,(H2,18,19,20,21,22). The summed E-state index contributed by atoms with van der Waals surface area (Å²) in [6.45, 7) is 6.16. The van der Waals surface area contributed by atoms with Gasteiger partial charge < -0.3 is 15.1 Å². The first-order chi connectivity index (χ1) is 11.7. The molecule has 0 aromatic carbocycles. The Morgan fingerprint density at radius 3 is 2.75 bits per heavy atom. The maximum Gasteiger partial charge on any atom is 0.227 e. The van der Waals surface area contributed by atoms with Crippen LogP contribution in [0.15, 0.2) is 12.3 Å². The van der Waals surface area contributed by atoms with Gasteiger partial charge in [-0.05, 0) is 26.3 Å². The second-order valence-corrected chi connectivity index (χ2v) is 6.80. The zero-order valence-corrected chi connectivity index (χ0v) is 14.4. The molecule has 1 aliphatic heterocycles. The van der Waals surface area contributed by atoms with Gasteiger partial charge >= 0.3 is 0 Å². The number of hydrogen-bond donors (Lipinski definition) is 2. The van der Waals surface area contributed by atoms with Gasteiger partial charge in [-0.15, -0.1) is 0 Å². The summed E-state index contributed by atoms with van der Waals surface area (Å²) in [6, 6.07) is 2.11. The maximum absolute atomic E-state index is 4.79. The molecule has 2 N–H and O–H groups in total. The third kappa shape index (κ3) is 3.21. The van der Waals surface area contributed by atoms with E-state index in [4.69, 9.17) is 4.98 Å². The molecule has 0 bridgehead atoms. The summed E-state index contributed by atoms with van der Waals surface area (Å²) in [5.74, 6) is 3.19. The Morgan fingerprint density at radius 1 is 1.25 bits per heavy atom. The summed E-state index contributed by atoms with van der Waals surface area (Å²) in [7, 11) is 2.15. The number of hydrogen-bond acceptors (Lipinski definition) is 6. The van der Waals surface area contributed by atoms with Crippen molar-refractivity contribution in [1.29, 1.82) is 0 Å². The predicted molar refractivity (Wildman–Crippen MR) is 95.0 cm³/mol. The van der Waals surface area contributed by atoms with Crippen LogP contribution in [-0.4, -0.2) is 58.3 Å². The van der Waals surface area contributed by atoms with Gasteiger partial charge in [-0.2, -0.15) is 10.1 Å². The minimum atomic E-state index is 0.671. The molecule has 2 fully saturated rings. The average Bonchev–Trinajstić information content (AvgIpc) is 3.35. The van der Waals surface area contributed by atoms with Gasteiger partial charge in [-0.1, -0.05) is 6.92 Å². The van der Waals surface area contributed by atoms with E-state index in [1.54, 1.807) is 0 Å². The molecule has 7 nitrogen and oxygen atoms in total. The topological polar surface area (TPSA) is 73.0 Å². The van der Waals surface area contributed by atoms with E-state index in [-0.39, 0.29) is 0 Å². The lowest BCUT2D eigenvalue weighted by Gasteiger charge is -2.32. The Morgan fingerprint density at radius 2 is 2.04 bits per heavy atom. The number of nitrogens with zero attached hydrogens (tertiary/aromatic N) is 5. The average molecular weight is 327 g/mol. The molecule has 128 valence electrons. The summed E-state index contributed by atoms with van der Waals surface area (Å²) in [6.07, 6.45) is 5.37. The van der Waals surface area contributed by atoms with Crippen molar-refractivity contribution in [2.45, 2.75) is 32.1 Å². The lowest BCUT2D eigenvalue weighted by atomic mass is 10.2. The van der Waals surface area contributed by atoms with Crippen LogP contribution in [0.4, 0.5) is 17.6 Å². The van der Waals surface area contributed by atoms with Crippen LogP contribution in [0.5, 0.6) is 0 Å². The summed E-state index contributed by atoms with van der Waals surface area (Å²) in [5, 5.41) is 10.9. The van der Waals surface area contributed by atoms with Crippen molar-refractivity contribution in [2.75, 3.05) is 43.4 Å². The van der Waals surface area contributed by atoms with E-state index < -0.39 is 0 Å². The minimum absolute atomic E-state index is 0.671. The van der Waals surface area contributed by atoms with Gasteiger partial charge in [0, 0.05) is 55.6 Å². The van der Waals surface area contributed by atoms with E-state index in [0.29, 0.717) is 5.92 Å². The van der Waals surface area contributed by atoms with Crippen LogP contribution < -0.4 is 10.2 Å². The number of rotatable bonds is 5. The van der Waals surface area contributed by atoms with Gasteiger partial charge in [0.05, 0.1) is 0 Å². The van der Waals surface area contributed by atoms with Gasteiger partial charge in [0.25, 0.3) is 0 Å². The van der Waals surface area contributed by atoms with Crippen molar-refractivity contribution in [1.82, 2.24) is 25.1 Å². The molecule has 7 heteroatoms. The molecule has 0 radical (unpaired) electrons. The molecule has 1 aliphatic carbocycles. The zero-order chi connectivity index (χ0) is 16.5. The Balaban J connectivity index is 1.54. The third-order valence-corrected chi connectivity index (χ3v) is 4.88. The largest absolute Gasteiger partial charge is 0.338 e. The molecule has 0 amide bonds. The second kappa shape index (κ2) is 6.39. The Bertz CT molecular complexity index is 699. The van der Waals surface area contributed by atoms with E-state index in [9.17, 15) is 0 Å². The number of likely N-dealkylation sites (N-methyl/N-ethyl adjacent to an activating group) is 1. The summed E-state index contributed by atoms with van der Waals surface area (Å²) >= 11 is 0. The zero-order valence-electron chi connectivity index (χ0n) is 14.4. The predicted octanol–water partition coefficient (Wildman–Crippen LogP) is 2.13. The lowest BCUT2D eigenvalue weighted by molar-refractivity contribution is 0.311. The molecule has 1 saturated carbocycles. The number of piperazine rings is 1. The number of aryl methyl sites for hydroxylation is 1. The van der Waals surface area contributed by atoms with Crippen molar-refractivity contribution in [3.05, 3.63) is 23.5 Å². The van der Waals surface area contributed by atoms with Crippen LogP contribution in [0.2, 0.25) is 0 Å². The van der Waals surface area contributed by atoms with Crippen LogP contribution in [0.1, 0.15) is 36.9 Å². The van der Waals surface area contributed by atoms with Crippen LogP contribution in [0.25, 0.3) is 0 Å². The Kier molecular flexibility index (Phi) is 4.10. The Labute approximate surface area is 142 Å². The minimum Gasteiger partial charge on any atom is -0.338 e. The van der Waals surface area contributed by atoms with E-state index in [1.807, 2.05) is 6.20 Å². The Hall–Kier alpha value is -2.15. The van der Waals surface area contributed by atoms with Gasteiger partial charge in [-0.25, -0.2) is 4.98 Å². The molecule has 3 heterocycles. The smallest absolute Gasteiger partial charge is 0.227 e. The number of H-pyrrole nitrogens is 1. The first-order valence-electron chi connectivity index (χ1n) is 8.84. The van der Waals surface area contributed by atoms with E-state index >= 15 is 0 Å². The molecule has 2 aromatic rings. The van der Waals surface area contributed by atoms with Crippen molar-refractivity contribution >= 4 is 17.6 Å². The third-order valence-electron chi connectivity index (χ3n) is 4.88. The van der Waals surface area contributed by atoms with E-state index in [0.717, 1.165) is 55.7 Å².